The van der Waals surface area contributed by atoms with Gasteiger partial charge in [0, 0.05) is 18.3 Å². The zero-order chi connectivity index (χ0) is 13.1. The summed E-state index contributed by atoms with van der Waals surface area (Å²) in [5.41, 5.74) is 10.3. The molecule has 1 aromatic rings. The highest BCUT2D eigenvalue weighted by molar-refractivity contribution is 5.95. The Hall–Kier alpha value is -2.11. The van der Waals surface area contributed by atoms with Crippen molar-refractivity contribution in [1.29, 1.82) is 0 Å². The van der Waals surface area contributed by atoms with Crippen LogP contribution in [0.4, 0.5) is 5.82 Å². The third-order valence-electron chi connectivity index (χ3n) is 2.40. The molecule has 0 spiro atoms. The molecule has 5 N–H and O–H groups in total. The Balaban J connectivity index is 2.65. The van der Waals surface area contributed by atoms with Gasteiger partial charge in [-0.25, -0.2) is 4.98 Å². The first-order valence-electron chi connectivity index (χ1n) is 5.12. The van der Waals surface area contributed by atoms with Crippen molar-refractivity contribution in [1.82, 2.24) is 10.3 Å². The lowest BCUT2D eigenvalue weighted by molar-refractivity contribution is -0.125. The first-order chi connectivity index (χ1) is 7.83. The van der Waals surface area contributed by atoms with Crippen molar-refractivity contribution >= 4 is 17.6 Å². The second-order valence-corrected chi connectivity index (χ2v) is 4.40. The number of nitrogens with one attached hydrogen (secondary N) is 1. The van der Waals surface area contributed by atoms with E-state index in [9.17, 15) is 9.59 Å². The number of pyridine rings is 1. The van der Waals surface area contributed by atoms with Gasteiger partial charge in [0.1, 0.15) is 5.82 Å². The Bertz CT molecular complexity index is 443. The number of anilines is 1. The minimum atomic E-state index is -0.783. The molecule has 1 aromatic heterocycles. The minimum Gasteiger partial charge on any atom is -0.384 e. The minimum absolute atomic E-state index is 0.170. The molecule has 2 amide bonds. The summed E-state index contributed by atoms with van der Waals surface area (Å²) >= 11 is 0. The SMILES string of the molecule is CC(C)(CNC(=O)c1ccnc(N)c1)C(N)=O. The van der Waals surface area contributed by atoms with Crippen LogP contribution in [0.2, 0.25) is 0 Å². The van der Waals surface area contributed by atoms with Crippen LogP contribution >= 0.6 is 0 Å². The molecule has 0 radical (unpaired) electrons. The molecular formula is C11H16N4O2. The largest absolute Gasteiger partial charge is 0.384 e. The van der Waals surface area contributed by atoms with Crippen LogP contribution in [0.3, 0.4) is 0 Å². The Morgan fingerprint density at radius 1 is 1.47 bits per heavy atom. The number of aromatic nitrogens is 1. The summed E-state index contributed by atoms with van der Waals surface area (Å²) in [4.78, 5) is 26.6. The van der Waals surface area contributed by atoms with Crippen LogP contribution in [0, 0.1) is 5.41 Å². The van der Waals surface area contributed by atoms with Crippen LogP contribution in [-0.2, 0) is 4.79 Å². The normalized spacial score (nSPS) is 10.9. The Morgan fingerprint density at radius 2 is 2.12 bits per heavy atom. The Labute approximate surface area is 99.4 Å². The average molecular weight is 236 g/mol. The molecule has 17 heavy (non-hydrogen) atoms. The van der Waals surface area contributed by atoms with E-state index in [1.807, 2.05) is 0 Å². The van der Waals surface area contributed by atoms with Crippen LogP contribution in [0.5, 0.6) is 0 Å². The molecular weight excluding hydrogens is 220 g/mol. The lowest BCUT2D eigenvalue weighted by atomic mass is 9.92. The van der Waals surface area contributed by atoms with Gasteiger partial charge in [0.15, 0.2) is 0 Å². The van der Waals surface area contributed by atoms with Gasteiger partial charge in [-0.05, 0) is 26.0 Å². The van der Waals surface area contributed by atoms with Gasteiger partial charge in [-0.1, -0.05) is 0 Å². The second kappa shape index (κ2) is 4.82. The van der Waals surface area contributed by atoms with Crippen LogP contribution in [0.1, 0.15) is 24.2 Å². The predicted octanol–water partition coefficient (Wildman–Crippen LogP) is -0.0949. The molecule has 0 atom stereocenters. The van der Waals surface area contributed by atoms with Crippen molar-refractivity contribution < 1.29 is 9.59 Å². The van der Waals surface area contributed by atoms with E-state index in [0.717, 1.165) is 0 Å². The van der Waals surface area contributed by atoms with E-state index in [-0.39, 0.29) is 18.3 Å². The van der Waals surface area contributed by atoms with Gasteiger partial charge in [-0.15, -0.1) is 0 Å². The fourth-order valence-corrected chi connectivity index (χ4v) is 1.08. The summed E-state index contributed by atoms with van der Waals surface area (Å²) < 4.78 is 0. The third kappa shape index (κ3) is 3.44. The topological polar surface area (TPSA) is 111 Å². The highest BCUT2D eigenvalue weighted by Crippen LogP contribution is 2.12. The Kier molecular flexibility index (Phi) is 3.67. The van der Waals surface area contributed by atoms with Crippen LogP contribution < -0.4 is 16.8 Å². The molecule has 1 heterocycles. The summed E-state index contributed by atoms with van der Waals surface area (Å²) in [6.45, 7) is 3.50. The first-order valence-corrected chi connectivity index (χ1v) is 5.12. The zero-order valence-corrected chi connectivity index (χ0v) is 9.86. The molecule has 6 nitrogen and oxygen atoms in total. The molecule has 1 rings (SSSR count). The van der Waals surface area contributed by atoms with Crippen molar-refractivity contribution in [3.05, 3.63) is 23.9 Å². The molecule has 6 heteroatoms. The number of primary amides is 1. The number of nitrogens with zero attached hydrogens (tertiary/aromatic N) is 1. The summed E-state index contributed by atoms with van der Waals surface area (Å²) in [5, 5.41) is 2.62. The second-order valence-electron chi connectivity index (χ2n) is 4.40. The van der Waals surface area contributed by atoms with Crippen molar-refractivity contribution in [2.75, 3.05) is 12.3 Å². The molecule has 0 unspecified atom stereocenters. The van der Waals surface area contributed by atoms with Gasteiger partial charge in [-0.2, -0.15) is 0 Å². The number of nitrogen functional groups attached to an aromatic ring is 1. The fraction of sp³-hybridized carbons (Fsp3) is 0.364. The highest BCUT2D eigenvalue weighted by atomic mass is 16.2. The molecule has 0 fully saturated rings. The van der Waals surface area contributed by atoms with Crippen molar-refractivity contribution in [2.24, 2.45) is 11.1 Å². The van der Waals surface area contributed by atoms with Crippen LogP contribution in [0.25, 0.3) is 0 Å². The van der Waals surface area contributed by atoms with E-state index in [4.69, 9.17) is 11.5 Å². The maximum atomic E-state index is 11.7. The summed E-state index contributed by atoms with van der Waals surface area (Å²) in [7, 11) is 0. The van der Waals surface area contributed by atoms with E-state index < -0.39 is 11.3 Å². The van der Waals surface area contributed by atoms with Gasteiger partial charge in [0.05, 0.1) is 5.41 Å². The molecule has 0 aliphatic carbocycles. The van der Waals surface area contributed by atoms with E-state index in [1.165, 1.54) is 12.3 Å². The van der Waals surface area contributed by atoms with Gasteiger partial charge in [0.2, 0.25) is 5.91 Å². The molecule has 92 valence electrons. The number of carbonyl (C=O) groups is 2. The van der Waals surface area contributed by atoms with Crippen LogP contribution in [-0.4, -0.2) is 23.3 Å². The fourth-order valence-electron chi connectivity index (χ4n) is 1.08. The lowest BCUT2D eigenvalue weighted by Crippen LogP contribution is -2.42. The predicted molar refractivity (Wildman–Crippen MR) is 64.0 cm³/mol. The third-order valence-corrected chi connectivity index (χ3v) is 2.40. The maximum Gasteiger partial charge on any atom is 0.251 e. The first kappa shape index (κ1) is 13.0. The Morgan fingerprint density at radius 3 is 2.65 bits per heavy atom. The monoisotopic (exact) mass is 236 g/mol. The van der Waals surface area contributed by atoms with Crippen LogP contribution in [0.15, 0.2) is 18.3 Å². The highest BCUT2D eigenvalue weighted by Gasteiger charge is 2.25. The number of nitrogens with two attached hydrogens (primary N) is 2. The van der Waals surface area contributed by atoms with E-state index in [2.05, 4.69) is 10.3 Å². The molecule has 0 saturated heterocycles. The number of hydrogen-bond donors (Lipinski definition) is 3. The van der Waals surface area contributed by atoms with Crippen molar-refractivity contribution in [2.45, 2.75) is 13.8 Å². The number of amides is 2. The summed E-state index contributed by atoms with van der Waals surface area (Å²) in [6.07, 6.45) is 1.45. The van der Waals surface area contributed by atoms with Gasteiger partial charge >= 0.3 is 0 Å². The van der Waals surface area contributed by atoms with E-state index in [1.54, 1.807) is 19.9 Å². The smallest absolute Gasteiger partial charge is 0.251 e. The molecule has 0 aliphatic rings. The standard InChI is InChI=1S/C11H16N4O2/c1-11(2,10(13)17)6-15-9(16)7-3-4-14-8(12)5-7/h3-5H,6H2,1-2H3,(H2,12,14)(H2,13,17)(H,15,16). The number of hydrogen-bond acceptors (Lipinski definition) is 4. The van der Waals surface area contributed by atoms with Gasteiger partial charge in [0.25, 0.3) is 5.91 Å². The number of carbonyl (C=O) groups excluding carboxylic acids is 2. The van der Waals surface area contributed by atoms with Gasteiger partial charge < -0.3 is 16.8 Å². The molecule has 0 aliphatic heterocycles. The van der Waals surface area contributed by atoms with Gasteiger partial charge in [-0.3, -0.25) is 9.59 Å². The molecule has 0 aromatic carbocycles. The molecule has 0 bridgehead atoms. The van der Waals surface area contributed by atoms with Crippen molar-refractivity contribution in [3.63, 3.8) is 0 Å². The summed E-state index contributed by atoms with van der Waals surface area (Å²) in [5.74, 6) is -0.507. The quantitative estimate of drug-likeness (QED) is 0.678. The maximum absolute atomic E-state index is 11.7. The zero-order valence-electron chi connectivity index (χ0n) is 9.86. The lowest BCUT2D eigenvalue weighted by Gasteiger charge is -2.20. The average Bonchev–Trinajstić information content (AvgIpc) is 2.25. The summed E-state index contributed by atoms with van der Waals surface area (Å²) in [6, 6.07) is 3.01. The molecule has 0 saturated carbocycles. The number of rotatable bonds is 4. The van der Waals surface area contributed by atoms with Crippen molar-refractivity contribution in [3.8, 4) is 0 Å². The van der Waals surface area contributed by atoms with E-state index in [0.29, 0.717) is 5.56 Å². The van der Waals surface area contributed by atoms with E-state index >= 15 is 0 Å².